The number of para-hydroxylation sites is 2. The van der Waals surface area contributed by atoms with Gasteiger partial charge in [-0.05, 0) is 24.1 Å². The maximum atomic E-state index is 4.46. The normalized spacial score (nSPS) is 15.4. The van der Waals surface area contributed by atoms with Crippen LogP contribution in [0.25, 0.3) is 11.0 Å². The van der Waals surface area contributed by atoms with Gasteiger partial charge in [0.25, 0.3) is 0 Å². The van der Waals surface area contributed by atoms with E-state index in [2.05, 4.69) is 49.5 Å². The number of benzene rings is 1. The Kier molecular flexibility index (Phi) is 2.84. The Bertz CT molecular complexity index is 756. The smallest absolute Gasteiger partial charge is 0.225 e. The molecule has 1 aliphatic heterocycles. The Balaban J connectivity index is 1.51. The number of hydrogen-bond donors (Lipinski definition) is 0. The van der Waals surface area contributed by atoms with Crippen molar-refractivity contribution in [2.45, 2.75) is 19.4 Å². The summed E-state index contributed by atoms with van der Waals surface area (Å²) in [6.07, 6.45) is 6.75. The van der Waals surface area contributed by atoms with Gasteiger partial charge in [-0.2, -0.15) is 0 Å². The van der Waals surface area contributed by atoms with E-state index in [1.807, 2.05) is 24.8 Å². The molecule has 0 saturated carbocycles. The van der Waals surface area contributed by atoms with E-state index in [9.17, 15) is 0 Å². The third-order valence-corrected chi connectivity index (χ3v) is 4.12. The topological polar surface area (TPSA) is 46.8 Å². The summed E-state index contributed by atoms with van der Waals surface area (Å²) in [6, 6.07) is 8.71. The minimum atomic E-state index is 0.451. The molecule has 2 aromatic heterocycles. The molecule has 4 rings (SSSR count). The zero-order valence-corrected chi connectivity index (χ0v) is 12.0. The summed E-state index contributed by atoms with van der Waals surface area (Å²) in [7, 11) is 0. The lowest BCUT2D eigenvalue weighted by molar-refractivity contribution is 0.402. The van der Waals surface area contributed by atoms with Crippen LogP contribution < -0.4 is 4.90 Å². The van der Waals surface area contributed by atoms with E-state index in [0.29, 0.717) is 6.04 Å². The lowest BCUT2D eigenvalue weighted by Gasteiger charge is -2.40. The van der Waals surface area contributed by atoms with E-state index < -0.39 is 0 Å². The molecule has 5 heteroatoms. The molecule has 0 amide bonds. The summed E-state index contributed by atoms with van der Waals surface area (Å²) in [5, 5.41) is 0. The quantitative estimate of drug-likeness (QED) is 0.739. The van der Waals surface area contributed by atoms with Crippen molar-refractivity contribution in [3.8, 4) is 0 Å². The third-order valence-electron chi connectivity index (χ3n) is 4.12. The molecule has 1 aromatic carbocycles. The molecular formula is C16H17N5. The Morgan fingerprint density at radius 1 is 1.10 bits per heavy atom. The third kappa shape index (κ3) is 2.05. The highest BCUT2D eigenvalue weighted by molar-refractivity contribution is 5.75. The van der Waals surface area contributed by atoms with Gasteiger partial charge in [-0.3, -0.25) is 0 Å². The first kappa shape index (κ1) is 12.3. The lowest BCUT2D eigenvalue weighted by Crippen LogP contribution is -2.48. The number of nitrogens with zero attached hydrogens (tertiary/aromatic N) is 5. The van der Waals surface area contributed by atoms with Crippen molar-refractivity contribution < 1.29 is 0 Å². The highest BCUT2D eigenvalue weighted by atomic mass is 15.3. The van der Waals surface area contributed by atoms with E-state index in [4.69, 9.17) is 0 Å². The average molecular weight is 279 g/mol. The molecule has 0 unspecified atom stereocenters. The van der Waals surface area contributed by atoms with Crippen molar-refractivity contribution in [2.75, 3.05) is 18.0 Å². The fraction of sp³-hybridized carbons (Fsp3) is 0.312. The Hall–Kier alpha value is -2.43. The number of imidazole rings is 1. The standard InChI is InChI=1S/C16H17N5/c1-2-12-7-17-16(18-8-12)20-9-13(10-20)21-11-19-14-5-3-4-6-15(14)21/h3-8,11,13H,2,9-10H2,1H3. The van der Waals surface area contributed by atoms with Gasteiger partial charge in [0, 0.05) is 25.5 Å². The first-order valence-electron chi connectivity index (χ1n) is 7.32. The predicted molar refractivity (Wildman–Crippen MR) is 82.4 cm³/mol. The Labute approximate surface area is 123 Å². The van der Waals surface area contributed by atoms with Crippen LogP contribution in [0.3, 0.4) is 0 Å². The van der Waals surface area contributed by atoms with E-state index in [1.165, 1.54) is 11.1 Å². The number of anilines is 1. The van der Waals surface area contributed by atoms with Crippen LogP contribution in [0.15, 0.2) is 43.0 Å². The monoisotopic (exact) mass is 279 g/mol. The fourth-order valence-corrected chi connectivity index (χ4v) is 2.76. The predicted octanol–water partition coefficient (Wildman–Crippen LogP) is 2.45. The molecule has 5 nitrogen and oxygen atoms in total. The second kappa shape index (κ2) is 4.84. The Morgan fingerprint density at radius 2 is 1.86 bits per heavy atom. The van der Waals surface area contributed by atoms with Crippen LogP contribution >= 0.6 is 0 Å². The number of hydrogen-bond acceptors (Lipinski definition) is 4. The van der Waals surface area contributed by atoms with E-state index in [0.717, 1.165) is 31.0 Å². The Morgan fingerprint density at radius 3 is 2.62 bits per heavy atom. The summed E-state index contributed by atoms with van der Waals surface area (Å²) in [5.74, 6) is 0.827. The average Bonchev–Trinajstić information content (AvgIpc) is 2.91. The molecule has 1 saturated heterocycles. The highest BCUT2D eigenvalue weighted by Crippen LogP contribution is 2.27. The molecule has 1 aliphatic rings. The molecule has 0 spiro atoms. The fourth-order valence-electron chi connectivity index (χ4n) is 2.76. The molecule has 1 fully saturated rings. The molecule has 0 bridgehead atoms. The zero-order chi connectivity index (χ0) is 14.2. The van der Waals surface area contributed by atoms with Gasteiger partial charge < -0.3 is 9.47 Å². The van der Waals surface area contributed by atoms with E-state index in [-0.39, 0.29) is 0 Å². The van der Waals surface area contributed by atoms with Crippen LogP contribution in [-0.4, -0.2) is 32.6 Å². The number of aryl methyl sites for hydroxylation is 1. The maximum absolute atomic E-state index is 4.46. The van der Waals surface area contributed by atoms with Crippen LogP contribution in [0.5, 0.6) is 0 Å². The minimum Gasteiger partial charge on any atom is -0.337 e. The van der Waals surface area contributed by atoms with Gasteiger partial charge in [-0.15, -0.1) is 0 Å². The second-order valence-electron chi connectivity index (χ2n) is 5.44. The summed E-state index contributed by atoms with van der Waals surface area (Å²) < 4.78 is 2.26. The number of fused-ring (bicyclic) bond motifs is 1. The van der Waals surface area contributed by atoms with Crippen LogP contribution in [0.2, 0.25) is 0 Å². The van der Waals surface area contributed by atoms with Gasteiger partial charge >= 0.3 is 0 Å². The van der Waals surface area contributed by atoms with Crippen molar-refractivity contribution in [1.29, 1.82) is 0 Å². The minimum absolute atomic E-state index is 0.451. The molecule has 21 heavy (non-hydrogen) atoms. The van der Waals surface area contributed by atoms with Crippen molar-refractivity contribution in [1.82, 2.24) is 19.5 Å². The molecule has 3 heterocycles. The molecule has 0 atom stereocenters. The van der Waals surface area contributed by atoms with Crippen LogP contribution in [0.1, 0.15) is 18.5 Å². The van der Waals surface area contributed by atoms with E-state index in [1.54, 1.807) is 0 Å². The van der Waals surface area contributed by atoms with Gasteiger partial charge in [-0.25, -0.2) is 15.0 Å². The van der Waals surface area contributed by atoms with Gasteiger partial charge in [0.15, 0.2) is 0 Å². The first-order chi connectivity index (χ1) is 10.3. The summed E-state index contributed by atoms with van der Waals surface area (Å²) >= 11 is 0. The number of aromatic nitrogens is 4. The van der Waals surface area contributed by atoms with Crippen molar-refractivity contribution in [3.05, 3.63) is 48.5 Å². The maximum Gasteiger partial charge on any atom is 0.225 e. The highest BCUT2D eigenvalue weighted by Gasteiger charge is 2.30. The molecule has 3 aromatic rings. The van der Waals surface area contributed by atoms with Gasteiger partial charge in [0.05, 0.1) is 23.4 Å². The summed E-state index contributed by atoms with van der Waals surface area (Å²) in [4.78, 5) is 15.5. The van der Waals surface area contributed by atoms with E-state index >= 15 is 0 Å². The SMILES string of the molecule is CCc1cnc(N2CC(n3cnc4ccccc43)C2)nc1. The molecular weight excluding hydrogens is 262 g/mol. The summed E-state index contributed by atoms with van der Waals surface area (Å²) in [6.45, 7) is 3.99. The second-order valence-corrected chi connectivity index (χ2v) is 5.44. The summed E-state index contributed by atoms with van der Waals surface area (Å²) in [5.41, 5.74) is 3.43. The van der Waals surface area contributed by atoms with Crippen LogP contribution in [0.4, 0.5) is 5.95 Å². The van der Waals surface area contributed by atoms with Crippen molar-refractivity contribution in [3.63, 3.8) is 0 Å². The molecule has 0 N–H and O–H groups in total. The van der Waals surface area contributed by atoms with Gasteiger partial charge in [0.1, 0.15) is 0 Å². The largest absolute Gasteiger partial charge is 0.337 e. The van der Waals surface area contributed by atoms with Gasteiger partial charge in [-0.1, -0.05) is 19.1 Å². The van der Waals surface area contributed by atoms with Crippen LogP contribution in [-0.2, 0) is 6.42 Å². The molecule has 0 radical (unpaired) electrons. The van der Waals surface area contributed by atoms with Crippen LogP contribution in [0, 0.1) is 0 Å². The lowest BCUT2D eigenvalue weighted by atomic mass is 10.1. The zero-order valence-electron chi connectivity index (χ0n) is 12.0. The first-order valence-corrected chi connectivity index (χ1v) is 7.32. The van der Waals surface area contributed by atoms with Crippen molar-refractivity contribution >= 4 is 17.0 Å². The van der Waals surface area contributed by atoms with Crippen molar-refractivity contribution in [2.24, 2.45) is 0 Å². The molecule has 0 aliphatic carbocycles. The van der Waals surface area contributed by atoms with Gasteiger partial charge in [0.2, 0.25) is 5.95 Å². The molecule has 106 valence electrons. The number of rotatable bonds is 3.